The molecule has 0 fully saturated rings. The van der Waals surface area contributed by atoms with Gasteiger partial charge in [0.2, 0.25) is 12.2 Å². The van der Waals surface area contributed by atoms with Crippen molar-refractivity contribution in [1.82, 2.24) is 0 Å². The standard InChI is InChI=1S/C6H5N3O3/c7-3-12-2-6(9-5-11)1-8-4-10/h6H,1-2H2. The van der Waals surface area contributed by atoms with E-state index in [4.69, 9.17) is 5.26 Å². The van der Waals surface area contributed by atoms with Crippen molar-refractivity contribution in [3.05, 3.63) is 0 Å². The lowest BCUT2D eigenvalue weighted by Crippen LogP contribution is -2.15. The molecule has 1 atom stereocenters. The largest absolute Gasteiger partial charge is 0.425 e. The summed E-state index contributed by atoms with van der Waals surface area (Å²) in [7, 11) is 0. The summed E-state index contributed by atoms with van der Waals surface area (Å²) in [6, 6.07) is -0.636. The molecule has 0 radical (unpaired) electrons. The molecule has 0 aliphatic carbocycles. The Kier molecular flexibility index (Phi) is 6.00. The Hall–Kier alpha value is -1.95. The fourth-order valence-corrected chi connectivity index (χ4v) is 0.481. The molecule has 0 spiro atoms. The van der Waals surface area contributed by atoms with Crippen LogP contribution in [0.3, 0.4) is 0 Å². The van der Waals surface area contributed by atoms with Crippen LogP contribution in [0.4, 0.5) is 0 Å². The number of rotatable bonds is 5. The third-order valence-electron chi connectivity index (χ3n) is 0.942. The first-order valence-corrected chi connectivity index (χ1v) is 2.96. The van der Waals surface area contributed by atoms with Gasteiger partial charge in [-0.2, -0.15) is 10.3 Å². The summed E-state index contributed by atoms with van der Waals surface area (Å²) < 4.78 is 4.29. The van der Waals surface area contributed by atoms with Crippen LogP contribution in [0.25, 0.3) is 0 Å². The Morgan fingerprint density at radius 3 is 2.67 bits per heavy atom. The van der Waals surface area contributed by atoms with Gasteiger partial charge in [-0.25, -0.2) is 14.6 Å². The van der Waals surface area contributed by atoms with Crippen LogP contribution >= 0.6 is 0 Å². The molecule has 0 aromatic carbocycles. The van der Waals surface area contributed by atoms with Crippen molar-refractivity contribution >= 4 is 12.2 Å². The van der Waals surface area contributed by atoms with Gasteiger partial charge in [-0.15, -0.1) is 0 Å². The van der Waals surface area contributed by atoms with Crippen molar-refractivity contribution in [3.8, 4) is 6.26 Å². The lowest BCUT2D eigenvalue weighted by molar-refractivity contribution is 0.248. The second-order valence-electron chi connectivity index (χ2n) is 1.71. The first-order valence-electron chi connectivity index (χ1n) is 2.96. The molecule has 6 heteroatoms. The highest BCUT2D eigenvalue weighted by atomic mass is 16.5. The van der Waals surface area contributed by atoms with Crippen LogP contribution in [0.1, 0.15) is 0 Å². The van der Waals surface area contributed by atoms with E-state index in [1.807, 2.05) is 0 Å². The summed E-state index contributed by atoms with van der Waals surface area (Å²) in [4.78, 5) is 25.8. The van der Waals surface area contributed by atoms with E-state index in [0.29, 0.717) is 0 Å². The lowest BCUT2D eigenvalue weighted by atomic mass is 10.3. The summed E-state index contributed by atoms with van der Waals surface area (Å²) in [5.74, 6) is 0. The molecule has 0 saturated carbocycles. The number of hydrogen-bond acceptors (Lipinski definition) is 6. The van der Waals surface area contributed by atoms with Gasteiger partial charge in [0.05, 0.1) is 6.54 Å². The molecule has 0 rings (SSSR count). The molecule has 1 unspecified atom stereocenters. The van der Waals surface area contributed by atoms with E-state index in [9.17, 15) is 9.59 Å². The predicted octanol–water partition coefficient (Wildman–Crippen LogP) is -0.476. The molecule has 0 aliphatic heterocycles. The number of aliphatic imine (C=N–C) groups is 2. The van der Waals surface area contributed by atoms with Crippen molar-refractivity contribution in [2.24, 2.45) is 9.98 Å². The minimum atomic E-state index is -0.636. The van der Waals surface area contributed by atoms with Crippen molar-refractivity contribution in [1.29, 1.82) is 5.26 Å². The molecular formula is C6H5N3O3. The third kappa shape index (κ3) is 4.89. The van der Waals surface area contributed by atoms with Gasteiger partial charge in [-0.3, -0.25) is 0 Å². The van der Waals surface area contributed by atoms with E-state index in [2.05, 4.69) is 14.7 Å². The average molecular weight is 167 g/mol. The fourth-order valence-electron chi connectivity index (χ4n) is 0.481. The lowest BCUT2D eigenvalue weighted by Gasteiger charge is -2.01. The first-order chi connectivity index (χ1) is 5.85. The van der Waals surface area contributed by atoms with Crippen molar-refractivity contribution in [3.63, 3.8) is 0 Å². The highest BCUT2D eigenvalue weighted by Crippen LogP contribution is 1.91. The Bertz CT molecular complexity index is 258. The smallest absolute Gasteiger partial charge is 0.286 e. The normalized spacial score (nSPS) is 9.92. The summed E-state index contributed by atoms with van der Waals surface area (Å²) in [6.45, 7) is -0.114. The molecule has 62 valence electrons. The second-order valence-corrected chi connectivity index (χ2v) is 1.71. The molecule has 0 saturated heterocycles. The molecule has 0 aromatic rings. The molecule has 0 aliphatic rings. The maximum absolute atomic E-state index is 9.77. The van der Waals surface area contributed by atoms with Crippen LogP contribution < -0.4 is 0 Å². The molecule has 0 bridgehead atoms. The third-order valence-corrected chi connectivity index (χ3v) is 0.942. The van der Waals surface area contributed by atoms with E-state index in [0.717, 1.165) is 0 Å². The molecular weight excluding hydrogens is 162 g/mol. The van der Waals surface area contributed by atoms with Gasteiger partial charge in [0.25, 0.3) is 6.26 Å². The van der Waals surface area contributed by atoms with Gasteiger partial charge in [-0.05, 0) is 0 Å². The van der Waals surface area contributed by atoms with E-state index >= 15 is 0 Å². The Balaban J connectivity index is 3.95. The number of nitrogens with zero attached hydrogens (tertiary/aromatic N) is 3. The van der Waals surface area contributed by atoms with Crippen LogP contribution in [0.2, 0.25) is 0 Å². The van der Waals surface area contributed by atoms with Gasteiger partial charge < -0.3 is 4.74 Å². The molecule has 0 aromatic heterocycles. The van der Waals surface area contributed by atoms with Gasteiger partial charge >= 0.3 is 0 Å². The van der Waals surface area contributed by atoms with Gasteiger partial charge in [0.1, 0.15) is 12.6 Å². The van der Waals surface area contributed by atoms with Crippen LogP contribution in [0.15, 0.2) is 9.98 Å². The minimum absolute atomic E-state index is 0.0274. The topological polar surface area (TPSA) is 91.9 Å². The van der Waals surface area contributed by atoms with E-state index in [1.54, 1.807) is 0 Å². The number of hydrogen-bond donors (Lipinski definition) is 0. The molecule has 0 heterocycles. The molecule has 0 amide bonds. The monoisotopic (exact) mass is 167 g/mol. The predicted molar refractivity (Wildman–Crippen MR) is 36.5 cm³/mol. The van der Waals surface area contributed by atoms with E-state index < -0.39 is 6.04 Å². The highest BCUT2D eigenvalue weighted by molar-refractivity contribution is 5.35. The second kappa shape index (κ2) is 7.16. The van der Waals surface area contributed by atoms with Crippen molar-refractivity contribution < 1.29 is 14.3 Å². The van der Waals surface area contributed by atoms with E-state index in [1.165, 1.54) is 18.4 Å². The zero-order valence-corrected chi connectivity index (χ0v) is 6.06. The maximum Gasteiger partial charge on any atom is 0.286 e. The highest BCUT2D eigenvalue weighted by Gasteiger charge is 2.05. The summed E-state index contributed by atoms with van der Waals surface area (Å²) in [5.41, 5.74) is 0. The van der Waals surface area contributed by atoms with Crippen LogP contribution in [0, 0.1) is 11.5 Å². The Morgan fingerprint density at radius 1 is 1.42 bits per heavy atom. The van der Waals surface area contributed by atoms with Crippen molar-refractivity contribution in [2.75, 3.05) is 13.2 Å². The molecule has 6 nitrogen and oxygen atoms in total. The van der Waals surface area contributed by atoms with Gasteiger partial charge in [0.15, 0.2) is 0 Å². The Labute approximate surface area is 68.2 Å². The number of carbonyl (C=O) groups excluding carboxylic acids is 2. The summed E-state index contributed by atoms with van der Waals surface area (Å²) in [5, 5.41) is 7.99. The summed E-state index contributed by atoms with van der Waals surface area (Å²) >= 11 is 0. The van der Waals surface area contributed by atoms with Crippen LogP contribution in [0.5, 0.6) is 0 Å². The van der Waals surface area contributed by atoms with E-state index in [-0.39, 0.29) is 13.2 Å². The number of nitriles is 1. The summed E-state index contributed by atoms with van der Waals surface area (Å²) in [6.07, 6.45) is 3.96. The van der Waals surface area contributed by atoms with Gasteiger partial charge in [0, 0.05) is 0 Å². The fraction of sp³-hybridized carbons (Fsp3) is 0.500. The van der Waals surface area contributed by atoms with Crippen LogP contribution in [-0.2, 0) is 14.3 Å². The molecule has 0 N–H and O–H groups in total. The quantitative estimate of drug-likeness (QED) is 0.314. The SMILES string of the molecule is N#COCC(CN=C=O)N=C=O. The molecule has 12 heavy (non-hydrogen) atoms. The average Bonchev–Trinajstić information content (AvgIpc) is 2.10. The van der Waals surface area contributed by atoms with Crippen LogP contribution in [-0.4, -0.2) is 31.4 Å². The Morgan fingerprint density at radius 2 is 2.17 bits per heavy atom. The van der Waals surface area contributed by atoms with Gasteiger partial charge in [-0.1, -0.05) is 0 Å². The number of ether oxygens (including phenoxy) is 1. The number of isocyanates is 2. The maximum atomic E-state index is 9.77. The zero-order valence-electron chi connectivity index (χ0n) is 6.06. The van der Waals surface area contributed by atoms with Crippen molar-refractivity contribution in [2.45, 2.75) is 6.04 Å². The minimum Gasteiger partial charge on any atom is -0.425 e. The first kappa shape index (κ1) is 10.0. The zero-order chi connectivity index (χ0) is 9.23.